The molecule has 8 heteroatoms. The van der Waals surface area contributed by atoms with Gasteiger partial charge in [-0.1, -0.05) is 17.9 Å². The Morgan fingerprint density at radius 3 is 2.85 bits per heavy atom. The van der Waals surface area contributed by atoms with Crippen LogP contribution in [-0.2, 0) is 14.9 Å². The molecule has 0 atom stereocenters. The Morgan fingerprint density at radius 2 is 2.20 bits per heavy atom. The summed E-state index contributed by atoms with van der Waals surface area (Å²) in [5.41, 5.74) is 6.13. The van der Waals surface area contributed by atoms with Crippen molar-refractivity contribution in [2.24, 2.45) is 5.73 Å². The van der Waals surface area contributed by atoms with Crippen LogP contribution in [0.2, 0.25) is 0 Å². The first kappa shape index (κ1) is 15.8. The Hall–Kier alpha value is -2.24. The molecule has 1 rings (SSSR count). The second-order valence-corrected chi connectivity index (χ2v) is 4.93. The van der Waals surface area contributed by atoms with E-state index in [1.54, 1.807) is 23.8 Å². The number of ether oxygens (including phenoxy) is 1. The minimum Gasteiger partial charge on any atom is -0.449 e. The lowest BCUT2D eigenvalue weighted by atomic mass is 10.2. The van der Waals surface area contributed by atoms with Crippen molar-refractivity contribution in [3.63, 3.8) is 0 Å². The zero-order chi connectivity index (χ0) is 15.0. The normalized spacial score (nSPS) is 10.1. The zero-order valence-electron chi connectivity index (χ0n) is 10.8. The van der Waals surface area contributed by atoms with Gasteiger partial charge in [0.15, 0.2) is 0 Å². The van der Waals surface area contributed by atoms with Crippen molar-refractivity contribution in [2.75, 3.05) is 17.9 Å². The molecule has 0 unspecified atom stereocenters. The summed E-state index contributed by atoms with van der Waals surface area (Å²) in [4.78, 5) is 11.1. The Bertz CT molecular complexity index is 632. The molecule has 7 nitrogen and oxygen atoms in total. The van der Waals surface area contributed by atoms with Gasteiger partial charge in [0.1, 0.15) is 0 Å². The summed E-state index contributed by atoms with van der Waals surface area (Å²) in [5, 5.41) is 0. The van der Waals surface area contributed by atoms with E-state index < -0.39 is 16.3 Å². The van der Waals surface area contributed by atoms with Gasteiger partial charge in [0.25, 0.3) is 0 Å². The van der Waals surface area contributed by atoms with E-state index in [1.807, 2.05) is 0 Å². The Kier molecular flexibility index (Phi) is 5.83. The van der Waals surface area contributed by atoms with Crippen LogP contribution >= 0.6 is 0 Å². The molecule has 108 valence electrons. The highest BCUT2D eigenvalue weighted by Gasteiger charge is 2.14. The Morgan fingerprint density at radius 1 is 1.45 bits per heavy atom. The van der Waals surface area contributed by atoms with E-state index in [2.05, 4.69) is 21.3 Å². The monoisotopic (exact) mass is 297 g/mol. The van der Waals surface area contributed by atoms with Gasteiger partial charge >= 0.3 is 16.3 Å². The van der Waals surface area contributed by atoms with Crippen LogP contribution in [-0.4, -0.2) is 27.7 Å². The quantitative estimate of drug-likeness (QED) is 0.697. The fraction of sp³-hybridized carbons (Fsp3) is 0.250. The van der Waals surface area contributed by atoms with E-state index in [9.17, 15) is 13.2 Å². The highest BCUT2D eigenvalue weighted by molar-refractivity contribution is 7.91. The number of rotatable bonds is 4. The summed E-state index contributed by atoms with van der Waals surface area (Å²) < 4.78 is 31.6. The summed E-state index contributed by atoms with van der Waals surface area (Å²) in [6, 6.07) is 6.38. The van der Waals surface area contributed by atoms with Crippen molar-refractivity contribution >= 4 is 22.0 Å². The average Bonchev–Trinajstić information content (AvgIpc) is 2.35. The summed E-state index contributed by atoms with van der Waals surface area (Å²) in [7, 11) is -4.04. The van der Waals surface area contributed by atoms with Crippen LogP contribution < -0.4 is 15.2 Å². The van der Waals surface area contributed by atoms with E-state index in [1.165, 1.54) is 12.1 Å². The molecule has 0 aliphatic heterocycles. The van der Waals surface area contributed by atoms with Crippen molar-refractivity contribution in [3.8, 4) is 11.8 Å². The van der Waals surface area contributed by atoms with Crippen LogP contribution in [0, 0.1) is 11.8 Å². The maximum absolute atomic E-state index is 11.6. The molecule has 0 saturated heterocycles. The number of amides is 1. The number of nitrogens with one attached hydrogen (secondary N) is 2. The SMILES string of the molecule is CCOC(=O)NS(=O)(=O)Nc1cccc(C#CCN)c1. The van der Waals surface area contributed by atoms with Gasteiger partial charge in [-0.15, -0.1) is 0 Å². The number of carbonyl (C=O) groups is 1. The molecule has 4 N–H and O–H groups in total. The Balaban J connectivity index is 2.79. The van der Waals surface area contributed by atoms with Crippen LogP contribution in [0.3, 0.4) is 0 Å². The first-order valence-corrected chi connectivity index (χ1v) is 7.21. The lowest BCUT2D eigenvalue weighted by Crippen LogP contribution is -2.35. The second-order valence-electron chi connectivity index (χ2n) is 3.51. The molecular formula is C12H15N3O4S. The third-order valence-electron chi connectivity index (χ3n) is 1.94. The molecule has 1 aromatic rings. The van der Waals surface area contributed by atoms with Crippen molar-refractivity contribution in [1.29, 1.82) is 0 Å². The minimum atomic E-state index is -4.04. The van der Waals surface area contributed by atoms with Crippen molar-refractivity contribution in [2.45, 2.75) is 6.92 Å². The summed E-state index contributed by atoms with van der Waals surface area (Å²) >= 11 is 0. The molecule has 0 saturated carbocycles. The first-order chi connectivity index (χ1) is 9.46. The largest absolute Gasteiger partial charge is 0.449 e. The molecule has 0 heterocycles. The van der Waals surface area contributed by atoms with Gasteiger partial charge in [-0.2, -0.15) is 8.42 Å². The summed E-state index contributed by atoms with van der Waals surface area (Å²) in [6.07, 6.45) is -1.04. The van der Waals surface area contributed by atoms with Crippen LogP contribution in [0.15, 0.2) is 24.3 Å². The van der Waals surface area contributed by atoms with E-state index in [0.717, 1.165) is 0 Å². The van der Waals surface area contributed by atoms with Gasteiger partial charge in [-0.05, 0) is 25.1 Å². The van der Waals surface area contributed by atoms with Gasteiger partial charge in [0.05, 0.1) is 18.8 Å². The van der Waals surface area contributed by atoms with Gasteiger partial charge in [0, 0.05) is 5.56 Å². The van der Waals surface area contributed by atoms with Gasteiger partial charge < -0.3 is 10.5 Å². The lowest BCUT2D eigenvalue weighted by Gasteiger charge is -2.09. The van der Waals surface area contributed by atoms with E-state index in [-0.39, 0.29) is 18.8 Å². The standard InChI is InChI=1S/C12H15N3O4S/c1-2-19-12(16)15-20(17,18)14-11-7-3-5-10(9-11)6-4-8-13/h3,5,7,9,14H,2,8,13H2,1H3,(H,15,16). The second kappa shape index (κ2) is 7.37. The fourth-order valence-corrected chi connectivity index (χ4v) is 2.03. The van der Waals surface area contributed by atoms with Crippen LogP contribution in [0.4, 0.5) is 10.5 Å². The van der Waals surface area contributed by atoms with Crippen molar-refractivity contribution in [3.05, 3.63) is 29.8 Å². The van der Waals surface area contributed by atoms with Crippen LogP contribution in [0.5, 0.6) is 0 Å². The molecule has 0 aliphatic carbocycles. The average molecular weight is 297 g/mol. The number of carbonyl (C=O) groups excluding carboxylic acids is 1. The minimum absolute atomic E-state index is 0.0749. The molecule has 0 radical (unpaired) electrons. The van der Waals surface area contributed by atoms with E-state index >= 15 is 0 Å². The highest BCUT2D eigenvalue weighted by Crippen LogP contribution is 2.11. The third-order valence-corrected chi connectivity index (χ3v) is 2.88. The summed E-state index contributed by atoms with van der Waals surface area (Å²) in [6.45, 7) is 1.85. The van der Waals surface area contributed by atoms with Crippen LogP contribution in [0.25, 0.3) is 0 Å². The topological polar surface area (TPSA) is 111 Å². The number of hydrogen-bond acceptors (Lipinski definition) is 5. The molecule has 0 aliphatic rings. The number of nitrogens with two attached hydrogens (primary N) is 1. The predicted molar refractivity (Wildman–Crippen MR) is 75.1 cm³/mol. The molecule has 0 aromatic heterocycles. The molecule has 20 heavy (non-hydrogen) atoms. The third kappa shape index (κ3) is 5.60. The predicted octanol–water partition coefficient (Wildman–Crippen LogP) is 0.400. The smallest absolute Gasteiger partial charge is 0.422 e. The van der Waals surface area contributed by atoms with Crippen molar-refractivity contribution in [1.82, 2.24) is 4.72 Å². The molecule has 1 amide bonds. The molecule has 0 fully saturated rings. The number of anilines is 1. The maximum Gasteiger partial charge on any atom is 0.422 e. The number of benzene rings is 1. The Labute approximate surface area is 117 Å². The maximum atomic E-state index is 11.6. The first-order valence-electron chi connectivity index (χ1n) is 5.73. The number of hydrogen-bond donors (Lipinski definition) is 3. The molecular weight excluding hydrogens is 282 g/mol. The van der Waals surface area contributed by atoms with E-state index in [4.69, 9.17) is 5.73 Å². The van der Waals surface area contributed by atoms with Gasteiger partial charge in [-0.25, -0.2) is 9.52 Å². The lowest BCUT2D eigenvalue weighted by molar-refractivity contribution is 0.159. The van der Waals surface area contributed by atoms with Gasteiger partial charge in [0.2, 0.25) is 0 Å². The molecule has 1 aromatic carbocycles. The molecule has 0 bridgehead atoms. The van der Waals surface area contributed by atoms with Crippen LogP contribution in [0.1, 0.15) is 12.5 Å². The van der Waals surface area contributed by atoms with Crippen molar-refractivity contribution < 1.29 is 17.9 Å². The van der Waals surface area contributed by atoms with Gasteiger partial charge in [-0.3, -0.25) is 4.72 Å². The molecule has 0 spiro atoms. The zero-order valence-corrected chi connectivity index (χ0v) is 11.7. The summed E-state index contributed by atoms with van der Waals surface area (Å²) in [5.74, 6) is 5.42. The fourth-order valence-electron chi connectivity index (χ4n) is 1.26. The highest BCUT2D eigenvalue weighted by atomic mass is 32.2. The van der Waals surface area contributed by atoms with E-state index in [0.29, 0.717) is 5.56 Å².